The molecule has 114 valence electrons. The zero-order valence-electron chi connectivity index (χ0n) is 12.6. The van der Waals surface area contributed by atoms with E-state index in [2.05, 4.69) is 16.1 Å². The van der Waals surface area contributed by atoms with E-state index in [0.29, 0.717) is 12.1 Å². The molecule has 4 rings (SSSR count). The van der Waals surface area contributed by atoms with Crippen LogP contribution < -0.4 is 5.32 Å². The molecule has 2 saturated carbocycles. The van der Waals surface area contributed by atoms with E-state index < -0.39 is 0 Å². The minimum atomic E-state index is 0.229. The van der Waals surface area contributed by atoms with Crippen molar-refractivity contribution in [3.8, 4) is 0 Å². The standard InChI is InChI=1S/C17H25N3O/c21-17(16-2-1-9-20(16)15-5-6-15)19-10-7-14(8-11-19)18-12-13-3-4-13/h1-2,9,13-15,18H,3-8,10-12H2. The Morgan fingerprint density at radius 1 is 1.14 bits per heavy atom. The second kappa shape index (κ2) is 5.48. The summed E-state index contributed by atoms with van der Waals surface area (Å²) in [7, 11) is 0. The third-order valence-electron chi connectivity index (χ3n) is 5.11. The summed E-state index contributed by atoms with van der Waals surface area (Å²) in [6.45, 7) is 2.98. The summed E-state index contributed by atoms with van der Waals surface area (Å²) in [4.78, 5) is 14.7. The fraction of sp³-hybridized carbons (Fsp3) is 0.706. The molecular weight excluding hydrogens is 262 g/mol. The number of piperidine rings is 1. The average Bonchev–Trinajstić information content (AvgIpc) is 3.45. The number of carbonyl (C=O) groups excluding carboxylic acids is 1. The quantitative estimate of drug-likeness (QED) is 0.903. The van der Waals surface area contributed by atoms with E-state index in [1.54, 1.807) is 0 Å². The van der Waals surface area contributed by atoms with E-state index in [0.717, 1.165) is 37.5 Å². The van der Waals surface area contributed by atoms with Gasteiger partial charge in [-0.2, -0.15) is 0 Å². The van der Waals surface area contributed by atoms with Gasteiger partial charge >= 0.3 is 0 Å². The van der Waals surface area contributed by atoms with Crippen LogP contribution >= 0.6 is 0 Å². The highest BCUT2D eigenvalue weighted by Gasteiger charge is 2.30. The zero-order valence-corrected chi connectivity index (χ0v) is 12.6. The summed E-state index contributed by atoms with van der Waals surface area (Å²) >= 11 is 0. The van der Waals surface area contributed by atoms with Gasteiger partial charge in [0.1, 0.15) is 5.69 Å². The highest BCUT2D eigenvalue weighted by atomic mass is 16.2. The molecule has 4 nitrogen and oxygen atoms in total. The van der Waals surface area contributed by atoms with E-state index in [1.165, 1.54) is 32.2 Å². The lowest BCUT2D eigenvalue weighted by molar-refractivity contribution is 0.0694. The summed E-state index contributed by atoms with van der Waals surface area (Å²) in [6.07, 6.45) is 9.52. The first kappa shape index (κ1) is 13.4. The predicted octanol–water partition coefficient (Wildman–Crippen LogP) is 2.43. The van der Waals surface area contributed by atoms with Gasteiger partial charge in [-0.05, 0) is 63.1 Å². The summed E-state index contributed by atoms with van der Waals surface area (Å²) in [6, 6.07) is 5.19. The molecule has 2 heterocycles. The minimum Gasteiger partial charge on any atom is -0.340 e. The number of nitrogens with one attached hydrogen (secondary N) is 1. The Bertz CT molecular complexity index is 508. The fourth-order valence-corrected chi connectivity index (χ4v) is 3.35. The van der Waals surface area contributed by atoms with Crippen molar-refractivity contribution in [1.29, 1.82) is 0 Å². The highest BCUT2D eigenvalue weighted by Crippen LogP contribution is 2.36. The highest BCUT2D eigenvalue weighted by molar-refractivity contribution is 5.93. The number of aromatic nitrogens is 1. The first-order valence-corrected chi connectivity index (χ1v) is 8.51. The molecule has 1 aromatic rings. The van der Waals surface area contributed by atoms with Crippen LogP contribution in [0.5, 0.6) is 0 Å². The van der Waals surface area contributed by atoms with Crippen LogP contribution in [0.15, 0.2) is 18.3 Å². The molecule has 0 radical (unpaired) electrons. The second-order valence-corrected chi connectivity index (χ2v) is 6.95. The molecule has 2 aliphatic carbocycles. The van der Waals surface area contributed by atoms with Crippen LogP contribution in [-0.4, -0.2) is 41.1 Å². The van der Waals surface area contributed by atoms with Crippen molar-refractivity contribution in [2.75, 3.05) is 19.6 Å². The Labute approximate surface area is 126 Å². The molecule has 1 aromatic heterocycles. The predicted molar refractivity (Wildman–Crippen MR) is 82.4 cm³/mol. The molecule has 1 saturated heterocycles. The van der Waals surface area contributed by atoms with Crippen molar-refractivity contribution < 1.29 is 4.79 Å². The van der Waals surface area contributed by atoms with Gasteiger partial charge in [0.05, 0.1) is 0 Å². The van der Waals surface area contributed by atoms with Crippen LogP contribution in [0.25, 0.3) is 0 Å². The van der Waals surface area contributed by atoms with E-state index in [9.17, 15) is 4.79 Å². The van der Waals surface area contributed by atoms with Crippen LogP contribution in [0.3, 0.4) is 0 Å². The Morgan fingerprint density at radius 2 is 1.90 bits per heavy atom. The topological polar surface area (TPSA) is 37.3 Å². The smallest absolute Gasteiger partial charge is 0.270 e. The molecule has 21 heavy (non-hydrogen) atoms. The monoisotopic (exact) mass is 287 g/mol. The summed E-state index contributed by atoms with van der Waals surface area (Å²) < 4.78 is 2.18. The Kier molecular flexibility index (Phi) is 3.49. The molecular formula is C17H25N3O. The molecule has 4 heteroatoms. The maximum absolute atomic E-state index is 12.7. The minimum absolute atomic E-state index is 0.229. The Morgan fingerprint density at radius 3 is 2.57 bits per heavy atom. The molecule has 0 aromatic carbocycles. The van der Waals surface area contributed by atoms with E-state index >= 15 is 0 Å². The number of nitrogens with zero attached hydrogens (tertiary/aromatic N) is 2. The van der Waals surface area contributed by atoms with Crippen LogP contribution in [0.4, 0.5) is 0 Å². The van der Waals surface area contributed by atoms with Gasteiger partial charge in [-0.3, -0.25) is 4.79 Å². The van der Waals surface area contributed by atoms with Crippen LogP contribution in [-0.2, 0) is 0 Å². The number of rotatable bonds is 5. The number of carbonyl (C=O) groups is 1. The number of amides is 1. The maximum Gasteiger partial charge on any atom is 0.270 e. The lowest BCUT2D eigenvalue weighted by Gasteiger charge is -2.32. The first-order valence-electron chi connectivity index (χ1n) is 8.51. The molecule has 1 amide bonds. The van der Waals surface area contributed by atoms with Crippen molar-refractivity contribution in [3.63, 3.8) is 0 Å². The van der Waals surface area contributed by atoms with E-state index in [4.69, 9.17) is 0 Å². The van der Waals surface area contributed by atoms with Crippen molar-refractivity contribution in [2.45, 2.75) is 50.6 Å². The lowest BCUT2D eigenvalue weighted by Crippen LogP contribution is -2.45. The van der Waals surface area contributed by atoms with Crippen molar-refractivity contribution in [1.82, 2.24) is 14.8 Å². The molecule has 3 aliphatic rings. The van der Waals surface area contributed by atoms with Gasteiger partial charge in [0.15, 0.2) is 0 Å². The summed E-state index contributed by atoms with van der Waals surface area (Å²) in [5.41, 5.74) is 0.891. The molecule has 3 fully saturated rings. The van der Waals surface area contributed by atoms with Crippen LogP contribution in [0, 0.1) is 5.92 Å². The maximum atomic E-state index is 12.7. The summed E-state index contributed by atoms with van der Waals surface area (Å²) in [5, 5.41) is 3.67. The SMILES string of the molecule is O=C(c1cccn1C1CC1)N1CCC(NCC2CC2)CC1. The first-order chi connectivity index (χ1) is 10.3. The molecule has 0 atom stereocenters. The van der Waals surface area contributed by atoms with Gasteiger partial charge in [0.25, 0.3) is 5.91 Å². The fourth-order valence-electron chi connectivity index (χ4n) is 3.35. The van der Waals surface area contributed by atoms with Gasteiger partial charge in [0, 0.05) is 31.4 Å². The average molecular weight is 287 g/mol. The number of likely N-dealkylation sites (tertiary alicyclic amines) is 1. The molecule has 1 aliphatic heterocycles. The van der Waals surface area contributed by atoms with Gasteiger partial charge in [-0.1, -0.05) is 0 Å². The van der Waals surface area contributed by atoms with Crippen molar-refractivity contribution in [2.24, 2.45) is 5.92 Å². The Hall–Kier alpha value is -1.29. The van der Waals surface area contributed by atoms with Crippen LogP contribution in [0.1, 0.15) is 55.1 Å². The van der Waals surface area contributed by atoms with Crippen molar-refractivity contribution in [3.05, 3.63) is 24.0 Å². The number of hydrogen-bond acceptors (Lipinski definition) is 2. The van der Waals surface area contributed by atoms with Gasteiger partial charge in [-0.25, -0.2) is 0 Å². The number of hydrogen-bond donors (Lipinski definition) is 1. The van der Waals surface area contributed by atoms with Crippen molar-refractivity contribution >= 4 is 5.91 Å². The third kappa shape index (κ3) is 3.00. The molecule has 0 unspecified atom stereocenters. The molecule has 0 spiro atoms. The molecule has 0 bridgehead atoms. The zero-order chi connectivity index (χ0) is 14.2. The normalized spacial score (nSPS) is 23.5. The van der Waals surface area contributed by atoms with E-state index in [-0.39, 0.29) is 5.91 Å². The second-order valence-electron chi connectivity index (χ2n) is 6.95. The van der Waals surface area contributed by atoms with Gasteiger partial charge in [-0.15, -0.1) is 0 Å². The van der Waals surface area contributed by atoms with E-state index in [1.807, 2.05) is 17.0 Å². The van der Waals surface area contributed by atoms with Gasteiger partial charge < -0.3 is 14.8 Å². The Balaban J connectivity index is 1.32. The summed E-state index contributed by atoms with van der Waals surface area (Å²) in [5.74, 6) is 1.17. The lowest BCUT2D eigenvalue weighted by atomic mass is 10.0. The third-order valence-corrected chi connectivity index (χ3v) is 5.11. The largest absolute Gasteiger partial charge is 0.340 e. The van der Waals surface area contributed by atoms with Gasteiger partial charge in [0.2, 0.25) is 0 Å². The van der Waals surface area contributed by atoms with Crippen LogP contribution in [0.2, 0.25) is 0 Å². The molecule has 1 N–H and O–H groups in total.